The smallest absolute Gasteiger partial charge is 0.339 e. The molecule has 1 fully saturated rings. The molecule has 19 heavy (non-hydrogen) atoms. The largest absolute Gasteiger partial charge is 0.462 e. The van der Waals surface area contributed by atoms with Crippen LogP contribution >= 0.6 is 0 Å². The van der Waals surface area contributed by atoms with Gasteiger partial charge >= 0.3 is 5.97 Å². The molecule has 0 amide bonds. The summed E-state index contributed by atoms with van der Waals surface area (Å²) in [6, 6.07) is 0.491. The van der Waals surface area contributed by atoms with E-state index in [1.807, 2.05) is 40.7 Å². The molecule has 0 aromatic carbocycles. The van der Waals surface area contributed by atoms with Crippen molar-refractivity contribution < 1.29 is 9.53 Å². The highest BCUT2D eigenvalue weighted by Crippen LogP contribution is 2.23. The predicted molar refractivity (Wildman–Crippen MR) is 80.8 cm³/mol. The van der Waals surface area contributed by atoms with Gasteiger partial charge in [0.25, 0.3) is 0 Å². The van der Waals surface area contributed by atoms with Crippen LogP contribution in [0.2, 0.25) is 0 Å². The average molecular weight is 265 g/mol. The molecule has 0 radical (unpaired) electrons. The Balaban J connectivity index is 0.00000154. The molecule has 0 spiro atoms. The van der Waals surface area contributed by atoms with Crippen molar-refractivity contribution in [1.82, 2.24) is 5.32 Å². The van der Waals surface area contributed by atoms with Gasteiger partial charge in [-0.3, -0.25) is 0 Å². The van der Waals surface area contributed by atoms with Crippen molar-refractivity contribution >= 4 is 5.97 Å². The molecule has 108 valence electrons. The van der Waals surface area contributed by atoms with Crippen LogP contribution < -0.4 is 5.32 Å². The Kier molecular flexibility index (Phi) is 8.68. The number of carbonyl (C=O) groups is 1. The Morgan fingerprint density at radius 1 is 1.42 bits per heavy atom. The van der Waals surface area contributed by atoms with Gasteiger partial charge in [-0.2, -0.15) is 0 Å². The highest BCUT2D eigenvalue weighted by atomic mass is 16.5. The summed E-state index contributed by atoms with van der Waals surface area (Å²) in [5, 5.41) is 3.34. The molecular weight excluding hydrogens is 238 g/mol. The van der Waals surface area contributed by atoms with E-state index in [0.717, 1.165) is 24.1 Å². The van der Waals surface area contributed by atoms with Crippen LogP contribution in [0, 0.1) is 0 Å². The van der Waals surface area contributed by atoms with E-state index < -0.39 is 0 Å². The quantitative estimate of drug-likeness (QED) is 0.452. The van der Waals surface area contributed by atoms with Crippen LogP contribution in [-0.4, -0.2) is 18.6 Å². The molecule has 0 unspecified atom stereocenters. The van der Waals surface area contributed by atoms with Crippen LogP contribution in [-0.2, 0) is 9.53 Å². The molecule has 0 saturated heterocycles. The maximum atomic E-state index is 11.8. The molecule has 0 bridgehead atoms. The van der Waals surface area contributed by atoms with Crippen molar-refractivity contribution in [3.8, 4) is 0 Å². The lowest BCUT2D eigenvalue weighted by molar-refractivity contribution is -0.138. The van der Waals surface area contributed by atoms with E-state index in [1.165, 1.54) is 0 Å². The van der Waals surface area contributed by atoms with E-state index in [1.54, 1.807) is 6.08 Å². The van der Waals surface area contributed by atoms with E-state index in [2.05, 4.69) is 11.9 Å². The first-order chi connectivity index (χ1) is 9.08. The molecule has 0 heterocycles. The van der Waals surface area contributed by atoms with Gasteiger partial charge in [-0.15, -0.1) is 0 Å². The highest BCUT2D eigenvalue weighted by molar-refractivity contribution is 5.93. The molecule has 0 aromatic rings. The standard InChI is InChI=1S/C14H21NO2.C2H6/c1-5-12(14(16)17-6-2)13(9-10(3)4)15-11-7-8-11;1-2/h5,9,11,15H,3,6-8H2,1-2,4H3;1-2H3/b12-5+,13-9+;. The monoisotopic (exact) mass is 265 g/mol. The minimum Gasteiger partial charge on any atom is -0.462 e. The molecule has 3 nitrogen and oxygen atoms in total. The third kappa shape index (κ3) is 6.85. The number of hydrogen-bond donors (Lipinski definition) is 1. The van der Waals surface area contributed by atoms with Gasteiger partial charge in [-0.05, 0) is 39.7 Å². The van der Waals surface area contributed by atoms with Crippen LogP contribution in [0.5, 0.6) is 0 Å². The second-order valence-electron chi connectivity index (χ2n) is 4.25. The summed E-state index contributed by atoms with van der Waals surface area (Å²) in [6.45, 7) is 13.8. The summed E-state index contributed by atoms with van der Waals surface area (Å²) in [5.41, 5.74) is 2.32. The summed E-state index contributed by atoms with van der Waals surface area (Å²) in [7, 11) is 0. The van der Waals surface area contributed by atoms with E-state index in [0.29, 0.717) is 18.2 Å². The van der Waals surface area contributed by atoms with Gasteiger partial charge in [0.2, 0.25) is 0 Å². The molecule has 3 heteroatoms. The van der Waals surface area contributed by atoms with Crippen molar-refractivity contribution in [3.05, 3.63) is 35.6 Å². The third-order valence-electron chi connectivity index (χ3n) is 2.40. The lowest BCUT2D eigenvalue weighted by Gasteiger charge is -2.13. The molecule has 0 aliphatic heterocycles. The molecule has 1 rings (SSSR count). The maximum Gasteiger partial charge on any atom is 0.339 e. The maximum absolute atomic E-state index is 11.8. The van der Waals surface area contributed by atoms with Crippen molar-refractivity contribution in [2.24, 2.45) is 0 Å². The molecule has 0 atom stereocenters. The third-order valence-corrected chi connectivity index (χ3v) is 2.40. The Hall–Kier alpha value is -1.51. The van der Waals surface area contributed by atoms with E-state index in [-0.39, 0.29) is 5.97 Å². The molecule has 0 aromatic heterocycles. The van der Waals surface area contributed by atoms with E-state index in [4.69, 9.17) is 4.74 Å². The minimum absolute atomic E-state index is 0.282. The number of carbonyl (C=O) groups excluding carboxylic acids is 1. The highest BCUT2D eigenvalue weighted by Gasteiger charge is 2.24. The Labute approximate surface area is 117 Å². The number of allylic oxidation sites excluding steroid dienone is 3. The van der Waals surface area contributed by atoms with Gasteiger partial charge < -0.3 is 10.1 Å². The summed E-state index contributed by atoms with van der Waals surface area (Å²) < 4.78 is 5.04. The van der Waals surface area contributed by atoms with Crippen LogP contribution in [0.15, 0.2) is 35.6 Å². The molecular formula is C16H27NO2. The number of hydrogen-bond acceptors (Lipinski definition) is 3. The Morgan fingerprint density at radius 3 is 2.37 bits per heavy atom. The van der Waals surface area contributed by atoms with Crippen molar-refractivity contribution in [2.75, 3.05) is 6.61 Å². The topological polar surface area (TPSA) is 38.3 Å². The summed E-state index contributed by atoms with van der Waals surface area (Å²) in [6.07, 6.45) is 5.99. The van der Waals surface area contributed by atoms with E-state index in [9.17, 15) is 4.79 Å². The van der Waals surface area contributed by atoms with Crippen molar-refractivity contribution in [2.45, 2.75) is 53.5 Å². The van der Waals surface area contributed by atoms with Gasteiger partial charge in [-0.25, -0.2) is 4.79 Å². The minimum atomic E-state index is -0.282. The summed E-state index contributed by atoms with van der Waals surface area (Å²) in [5.74, 6) is -0.282. The zero-order chi connectivity index (χ0) is 14.8. The van der Waals surface area contributed by atoms with Crippen molar-refractivity contribution in [3.63, 3.8) is 0 Å². The molecule has 1 N–H and O–H groups in total. The lowest BCUT2D eigenvalue weighted by Crippen LogP contribution is -2.22. The predicted octanol–water partition coefficient (Wildman–Crippen LogP) is 3.73. The number of rotatable bonds is 6. The number of esters is 1. The summed E-state index contributed by atoms with van der Waals surface area (Å²) in [4.78, 5) is 11.8. The fourth-order valence-corrected chi connectivity index (χ4v) is 1.48. The fourth-order valence-electron chi connectivity index (χ4n) is 1.48. The van der Waals surface area contributed by atoms with Gasteiger partial charge in [0.1, 0.15) is 0 Å². The number of ether oxygens (including phenoxy) is 1. The second-order valence-corrected chi connectivity index (χ2v) is 4.25. The van der Waals surface area contributed by atoms with Crippen molar-refractivity contribution in [1.29, 1.82) is 0 Å². The molecule has 1 aliphatic carbocycles. The second kappa shape index (κ2) is 9.42. The molecule has 1 aliphatic rings. The number of nitrogens with one attached hydrogen (secondary N) is 1. The SMILES string of the molecule is C=C(C)/C=C(NC1CC1)\C(=C/C)C(=O)OCC.CC. The van der Waals surface area contributed by atoms with Crippen LogP contribution in [0.3, 0.4) is 0 Å². The first kappa shape index (κ1) is 17.5. The first-order valence-electron chi connectivity index (χ1n) is 7.06. The fraction of sp³-hybridized carbons (Fsp3) is 0.562. The normalized spacial score (nSPS) is 15.2. The summed E-state index contributed by atoms with van der Waals surface area (Å²) >= 11 is 0. The van der Waals surface area contributed by atoms with E-state index >= 15 is 0 Å². The van der Waals surface area contributed by atoms with Gasteiger partial charge in [0, 0.05) is 11.7 Å². The zero-order valence-electron chi connectivity index (χ0n) is 12.9. The van der Waals surface area contributed by atoms with Gasteiger partial charge in [-0.1, -0.05) is 32.1 Å². The van der Waals surface area contributed by atoms with Gasteiger partial charge in [0.05, 0.1) is 12.2 Å². The zero-order valence-corrected chi connectivity index (χ0v) is 12.9. The average Bonchev–Trinajstić information content (AvgIpc) is 3.16. The Bertz CT molecular complexity index is 363. The molecule has 1 saturated carbocycles. The first-order valence-corrected chi connectivity index (χ1v) is 7.06. The van der Waals surface area contributed by atoms with Gasteiger partial charge in [0.15, 0.2) is 0 Å². The van der Waals surface area contributed by atoms with Crippen LogP contribution in [0.4, 0.5) is 0 Å². The lowest BCUT2D eigenvalue weighted by atomic mass is 10.1. The Morgan fingerprint density at radius 2 is 2.00 bits per heavy atom. The van der Waals surface area contributed by atoms with Crippen LogP contribution in [0.1, 0.15) is 47.5 Å². The van der Waals surface area contributed by atoms with Crippen LogP contribution in [0.25, 0.3) is 0 Å².